The zero-order valence-electron chi connectivity index (χ0n) is 8.73. The monoisotopic (exact) mass is 229 g/mol. The van der Waals surface area contributed by atoms with Crippen LogP contribution in [0.3, 0.4) is 0 Å². The van der Waals surface area contributed by atoms with Gasteiger partial charge in [-0.3, -0.25) is 4.79 Å². The maximum Gasteiger partial charge on any atom is 0.306 e. The van der Waals surface area contributed by atoms with E-state index < -0.39 is 0 Å². The van der Waals surface area contributed by atoms with Crippen molar-refractivity contribution in [2.45, 2.75) is 19.8 Å². The highest BCUT2D eigenvalue weighted by atomic mass is 35.5. The van der Waals surface area contributed by atoms with Crippen molar-refractivity contribution >= 4 is 24.1 Å². The van der Waals surface area contributed by atoms with Crippen molar-refractivity contribution in [2.75, 3.05) is 12.3 Å². The van der Waals surface area contributed by atoms with E-state index >= 15 is 0 Å². The maximum absolute atomic E-state index is 11.0. The summed E-state index contributed by atoms with van der Waals surface area (Å²) in [5.41, 5.74) is 7.40. The smallest absolute Gasteiger partial charge is 0.306 e. The van der Waals surface area contributed by atoms with E-state index in [0.717, 1.165) is 11.3 Å². The van der Waals surface area contributed by atoms with E-state index in [1.54, 1.807) is 6.92 Å². The van der Waals surface area contributed by atoms with Crippen LogP contribution in [0.5, 0.6) is 0 Å². The molecule has 1 aromatic rings. The quantitative estimate of drug-likeness (QED) is 0.636. The number of rotatable bonds is 4. The van der Waals surface area contributed by atoms with Crippen molar-refractivity contribution in [3.8, 4) is 0 Å². The van der Waals surface area contributed by atoms with E-state index in [0.29, 0.717) is 19.4 Å². The Labute approximate surface area is 96.0 Å². The molecule has 0 aliphatic rings. The predicted molar refractivity (Wildman–Crippen MR) is 63.1 cm³/mol. The first-order valence-corrected chi connectivity index (χ1v) is 4.72. The number of benzene rings is 1. The third-order valence-electron chi connectivity index (χ3n) is 1.87. The van der Waals surface area contributed by atoms with Crippen LogP contribution in [0.25, 0.3) is 0 Å². The molecule has 3 nitrogen and oxygen atoms in total. The molecule has 0 saturated heterocycles. The van der Waals surface area contributed by atoms with Crippen molar-refractivity contribution < 1.29 is 9.53 Å². The molecule has 2 N–H and O–H groups in total. The Kier molecular flexibility index (Phi) is 6.54. The Hall–Kier alpha value is -1.22. The first-order valence-electron chi connectivity index (χ1n) is 4.72. The molecule has 4 heteroatoms. The van der Waals surface area contributed by atoms with Gasteiger partial charge in [0.15, 0.2) is 0 Å². The molecule has 0 amide bonds. The van der Waals surface area contributed by atoms with Gasteiger partial charge in [-0.15, -0.1) is 12.4 Å². The lowest BCUT2D eigenvalue weighted by molar-refractivity contribution is -0.143. The lowest BCUT2D eigenvalue weighted by Crippen LogP contribution is -2.05. The van der Waals surface area contributed by atoms with Gasteiger partial charge in [-0.25, -0.2) is 0 Å². The topological polar surface area (TPSA) is 52.3 Å². The highest BCUT2D eigenvalue weighted by Crippen LogP contribution is 2.08. The van der Waals surface area contributed by atoms with Crippen LogP contribution in [0, 0.1) is 0 Å². The van der Waals surface area contributed by atoms with Crippen LogP contribution in [0.4, 0.5) is 5.69 Å². The molecule has 0 heterocycles. The number of hydrogen-bond acceptors (Lipinski definition) is 3. The number of hydrogen-bond donors (Lipinski definition) is 1. The molecule has 0 aliphatic heterocycles. The predicted octanol–water partition coefficient (Wildman–Crippen LogP) is 2.19. The van der Waals surface area contributed by atoms with E-state index in [1.165, 1.54) is 0 Å². The summed E-state index contributed by atoms with van der Waals surface area (Å²) >= 11 is 0. The van der Waals surface area contributed by atoms with E-state index in [1.807, 2.05) is 24.3 Å². The second kappa shape index (κ2) is 7.12. The summed E-state index contributed by atoms with van der Waals surface area (Å²) < 4.78 is 4.82. The molecule has 0 fully saturated rings. The Morgan fingerprint density at radius 3 is 2.80 bits per heavy atom. The fourth-order valence-corrected chi connectivity index (χ4v) is 1.23. The van der Waals surface area contributed by atoms with Crippen LogP contribution in [-0.2, 0) is 16.0 Å². The molecule has 0 unspecified atom stereocenters. The largest absolute Gasteiger partial charge is 0.466 e. The van der Waals surface area contributed by atoms with Crippen molar-refractivity contribution in [2.24, 2.45) is 0 Å². The Morgan fingerprint density at radius 1 is 1.47 bits per heavy atom. The third-order valence-corrected chi connectivity index (χ3v) is 1.87. The number of halogens is 1. The highest BCUT2D eigenvalue weighted by Gasteiger charge is 2.02. The van der Waals surface area contributed by atoms with Gasteiger partial charge in [-0.05, 0) is 31.0 Å². The van der Waals surface area contributed by atoms with Crippen molar-refractivity contribution in [1.29, 1.82) is 0 Å². The second-order valence-electron chi connectivity index (χ2n) is 3.05. The molecule has 0 aliphatic carbocycles. The summed E-state index contributed by atoms with van der Waals surface area (Å²) in [5, 5.41) is 0. The fraction of sp³-hybridized carbons (Fsp3) is 0.364. The van der Waals surface area contributed by atoms with Crippen LogP contribution >= 0.6 is 12.4 Å². The summed E-state index contributed by atoms with van der Waals surface area (Å²) in [7, 11) is 0. The summed E-state index contributed by atoms with van der Waals surface area (Å²) in [5.74, 6) is -0.157. The third kappa shape index (κ3) is 5.27. The number of carbonyl (C=O) groups excluding carboxylic acids is 1. The number of aryl methyl sites for hydroxylation is 1. The number of nitrogens with two attached hydrogens (primary N) is 1. The van der Waals surface area contributed by atoms with Crippen LogP contribution in [0.2, 0.25) is 0 Å². The maximum atomic E-state index is 11.0. The van der Waals surface area contributed by atoms with E-state index in [-0.39, 0.29) is 18.4 Å². The van der Waals surface area contributed by atoms with E-state index in [4.69, 9.17) is 10.5 Å². The Morgan fingerprint density at radius 2 is 2.20 bits per heavy atom. The average Bonchev–Trinajstić information content (AvgIpc) is 2.15. The summed E-state index contributed by atoms with van der Waals surface area (Å²) in [6.45, 7) is 2.24. The van der Waals surface area contributed by atoms with Gasteiger partial charge in [0.25, 0.3) is 0 Å². The molecule has 0 radical (unpaired) electrons. The lowest BCUT2D eigenvalue weighted by atomic mass is 10.1. The number of anilines is 1. The molecule has 0 atom stereocenters. The van der Waals surface area contributed by atoms with Crippen LogP contribution < -0.4 is 5.73 Å². The van der Waals surface area contributed by atoms with Crippen LogP contribution in [0.15, 0.2) is 24.3 Å². The van der Waals surface area contributed by atoms with Crippen LogP contribution in [-0.4, -0.2) is 12.6 Å². The lowest BCUT2D eigenvalue weighted by Gasteiger charge is -2.02. The number of nitrogen functional groups attached to an aromatic ring is 1. The Bertz CT molecular complexity index is 315. The Balaban J connectivity index is 0.00000196. The highest BCUT2D eigenvalue weighted by molar-refractivity contribution is 5.85. The zero-order chi connectivity index (χ0) is 10.4. The molecule has 0 spiro atoms. The van der Waals surface area contributed by atoms with Gasteiger partial charge in [0.2, 0.25) is 0 Å². The SMILES string of the molecule is CCOC(=O)CCc1cccc(N)c1.Cl. The average molecular weight is 230 g/mol. The molecule has 0 aromatic heterocycles. The van der Waals surface area contributed by atoms with Crippen molar-refractivity contribution in [3.63, 3.8) is 0 Å². The van der Waals surface area contributed by atoms with Gasteiger partial charge in [-0.1, -0.05) is 12.1 Å². The molecule has 1 rings (SSSR count). The van der Waals surface area contributed by atoms with Gasteiger partial charge < -0.3 is 10.5 Å². The van der Waals surface area contributed by atoms with Gasteiger partial charge >= 0.3 is 5.97 Å². The summed E-state index contributed by atoms with van der Waals surface area (Å²) in [6, 6.07) is 7.54. The molecular formula is C11H16ClNO2. The van der Waals surface area contributed by atoms with Gasteiger partial charge in [0.1, 0.15) is 0 Å². The molecule has 84 valence electrons. The summed E-state index contributed by atoms with van der Waals surface area (Å²) in [4.78, 5) is 11.0. The number of ether oxygens (including phenoxy) is 1. The van der Waals surface area contributed by atoms with Gasteiger partial charge in [0.05, 0.1) is 6.61 Å². The van der Waals surface area contributed by atoms with Gasteiger partial charge in [-0.2, -0.15) is 0 Å². The minimum atomic E-state index is -0.157. The van der Waals surface area contributed by atoms with E-state index in [2.05, 4.69) is 0 Å². The first-order chi connectivity index (χ1) is 6.72. The minimum Gasteiger partial charge on any atom is -0.466 e. The second-order valence-corrected chi connectivity index (χ2v) is 3.05. The molecule has 0 bridgehead atoms. The van der Waals surface area contributed by atoms with Crippen LogP contribution in [0.1, 0.15) is 18.9 Å². The standard InChI is InChI=1S/C11H15NO2.ClH/c1-2-14-11(13)7-6-9-4-3-5-10(12)8-9;/h3-5,8H,2,6-7,12H2,1H3;1H. The normalized spacial score (nSPS) is 9.13. The van der Waals surface area contributed by atoms with E-state index in [9.17, 15) is 4.79 Å². The fourth-order valence-electron chi connectivity index (χ4n) is 1.23. The molecule has 1 aromatic carbocycles. The first kappa shape index (κ1) is 13.8. The summed E-state index contributed by atoms with van der Waals surface area (Å²) in [6.07, 6.45) is 1.10. The molecule has 0 saturated carbocycles. The molecular weight excluding hydrogens is 214 g/mol. The van der Waals surface area contributed by atoms with Gasteiger partial charge in [0, 0.05) is 12.1 Å². The van der Waals surface area contributed by atoms with Crippen molar-refractivity contribution in [1.82, 2.24) is 0 Å². The minimum absolute atomic E-state index is 0. The molecule has 15 heavy (non-hydrogen) atoms. The zero-order valence-corrected chi connectivity index (χ0v) is 9.55. The number of carbonyl (C=O) groups is 1. The van der Waals surface area contributed by atoms with Crippen molar-refractivity contribution in [3.05, 3.63) is 29.8 Å². The number of esters is 1.